The highest BCUT2D eigenvalue weighted by atomic mass is 32.1. The fourth-order valence-electron chi connectivity index (χ4n) is 4.23. The summed E-state index contributed by atoms with van der Waals surface area (Å²) in [5, 5.41) is 5.22. The van der Waals surface area contributed by atoms with Crippen LogP contribution in [0.1, 0.15) is 34.1 Å². The van der Waals surface area contributed by atoms with Crippen LogP contribution in [0, 0.1) is 6.92 Å². The van der Waals surface area contributed by atoms with Gasteiger partial charge in [0.05, 0.1) is 31.4 Å². The lowest BCUT2D eigenvalue weighted by Crippen LogP contribution is -2.39. The maximum absolute atomic E-state index is 13.7. The van der Waals surface area contributed by atoms with Crippen LogP contribution in [-0.4, -0.2) is 54.1 Å². The first kappa shape index (κ1) is 27.3. The molecule has 0 spiro atoms. The Labute approximate surface area is 231 Å². The van der Waals surface area contributed by atoms with Crippen LogP contribution < -0.4 is 15.0 Å². The van der Waals surface area contributed by atoms with E-state index in [1.165, 1.54) is 15.3 Å². The Hall–Kier alpha value is -3.76. The lowest BCUT2D eigenvalue weighted by atomic mass is 10.1. The minimum absolute atomic E-state index is 0.0637. The highest BCUT2D eigenvalue weighted by molar-refractivity contribution is 7.80. The largest absolute Gasteiger partial charge is 0.497 e. The molecule has 1 aliphatic heterocycles. The summed E-state index contributed by atoms with van der Waals surface area (Å²) in [5.74, 6) is -0.339. The third-order valence-electron chi connectivity index (χ3n) is 6.26. The number of rotatable bonds is 10. The van der Waals surface area contributed by atoms with Crippen molar-refractivity contribution in [3.8, 4) is 5.75 Å². The van der Waals surface area contributed by atoms with E-state index in [0.29, 0.717) is 40.8 Å². The van der Waals surface area contributed by atoms with Crippen LogP contribution in [-0.2, 0) is 20.7 Å². The summed E-state index contributed by atoms with van der Waals surface area (Å²) in [6, 6.07) is 14.8. The first-order valence-corrected chi connectivity index (χ1v) is 13.5. The number of aryl methyl sites for hydroxylation is 1. The zero-order valence-electron chi connectivity index (χ0n) is 21.4. The fourth-order valence-corrected chi connectivity index (χ4v) is 5.54. The molecule has 1 aliphatic rings. The van der Waals surface area contributed by atoms with E-state index in [0.717, 1.165) is 0 Å². The first-order chi connectivity index (χ1) is 18.3. The lowest BCUT2D eigenvalue weighted by molar-refractivity contribution is -0.124. The van der Waals surface area contributed by atoms with Gasteiger partial charge in [-0.05, 0) is 98.0 Å². The van der Waals surface area contributed by atoms with Crippen molar-refractivity contribution in [3.63, 3.8) is 0 Å². The van der Waals surface area contributed by atoms with Crippen molar-refractivity contribution in [2.45, 2.75) is 32.7 Å². The van der Waals surface area contributed by atoms with Gasteiger partial charge in [-0.3, -0.25) is 14.5 Å². The minimum Gasteiger partial charge on any atom is -0.497 e. The number of esters is 1. The SMILES string of the molecule is CCOC(=O)c1ccc(N2C(=O)[C@@H](CC(=O)Nc3ccc(OC)cc3)N(CCc3sccc3C)C2=S)cc1. The molecule has 3 aromatic rings. The van der Waals surface area contributed by atoms with Gasteiger partial charge in [-0.1, -0.05) is 0 Å². The number of thiophene rings is 1. The predicted molar refractivity (Wildman–Crippen MR) is 152 cm³/mol. The van der Waals surface area contributed by atoms with Gasteiger partial charge >= 0.3 is 5.97 Å². The lowest BCUT2D eigenvalue weighted by Gasteiger charge is -2.24. The minimum atomic E-state index is -0.759. The topological polar surface area (TPSA) is 88.2 Å². The Morgan fingerprint density at radius 2 is 1.79 bits per heavy atom. The molecule has 0 bridgehead atoms. The fraction of sp³-hybridized carbons (Fsp3) is 0.286. The monoisotopic (exact) mass is 551 g/mol. The summed E-state index contributed by atoms with van der Waals surface area (Å²) in [6.07, 6.45) is 0.634. The molecule has 8 nitrogen and oxygen atoms in total. The predicted octanol–water partition coefficient (Wildman–Crippen LogP) is 4.82. The number of benzene rings is 2. The zero-order valence-corrected chi connectivity index (χ0v) is 23.1. The van der Waals surface area contributed by atoms with Crippen LogP contribution in [0.25, 0.3) is 0 Å². The molecule has 4 rings (SSSR count). The number of amides is 2. The molecule has 0 radical (unpaired) electrons. The van der Waals surface area contributed by atoms with E-state index in [-0.39, 0.29) is 24.8 Å². The molecule has 2 amide bonds. The van der Waals surface area contributed by atoms with Crippen molar-refractivity contribution in [1.82, 2.24) is 4.90 Å². The maximum Gasteiger partial charge on any atom is 0.338 e. The van der Waals surface area contributed by atoms with Gasteiger partial charge in [0.1, 0.15) is 11.8 Å². The van der Waals surface area contributed by atoms with Crippen LogP contribution in [0.3, 0.4) is 0 Å². The van der Waals surface area contributed by atoms with Crippen molar-refractivity contribution >= 4 is 57.8 Å². The van der Waals surface area contributed by atoms with Crippen molar-refractivity contribution < 1.29 is 23.9 Å². The highest BCUT2D eigenvalue weighted by Crippen LogP contribution is 2.29. The number of thiocarbonyl (C=S) groups is 1. The van der Waals surface area contributed by atoms with E-state index < -0.39 is 12.0 Å². The molecule has 1 aromatic heterocycles. The molecule has 38 heavy (non-hydrogen) atoms. The molecule has 2 heterocycles. The van der Waals surface area contributed by atoms with Crippen molar-refractivity contribution in [3.05, 3.63) is 76.0 Å². The average Bonchev–Trinajstić information content (AvgIpc) is 3.42. The number of hydrogen-bond donors (Lipinski definition) is 1. The number of nitrogens with one attached hydrogen (secondary N) is 1. The van der Waals surface area contributed by atoms with Crippen LogP contribution >= 0.6 is 23.6 Å². The molecular weight excluding hydrogens is 522 g/mol. The van der Waals surface area contributed by atoms with E-state index in [1.54, 1.807) is 73.9 Å². The molecule has 1 N–H and O–H groups in total. The third-order valence-corrected chi connectivity index (χ3v) is 7.76. The number of carbonyl (C=O) groups is 3. The molecule has 0 saturated carbocycles. The van der Waals surface area contributed by atoms with Gasteiger partial charge in [0.25, 0.3) is 5.91 Å². The summed E-state index contributed by atoms with van der Waals surface area (Å²) >= 11 is 7.42. The smallest absolute Gasteiger partial charge is 0.338 e. The second-order valence-corrected chi connectivity index (χ2v) is 10.1. The van der Waals surface area contributed by atoms with Gasteiger partial charge in [-0.25, -0.2) is 4.79 Å². The molecule has 0 aliphatic carbocycles. The molecule has 2 aromatic carbocycles. The van der Waals surface area contributed by atoms with Crippen LogP contribution in [0.15, 0.2) is 60.0 Å². The summed E-state index contributed by atoms with van der Waals surface area (Å²) in [7, 11) is 1.57. The Morgan fingerprint density at radius 3 is 2.39 bits per heavy atom. The number of hydrogen-bond acceptors (Lipinski definition) is 7. The Bertz CT molecular complexity index is 1320. The first-order valence-electron chi connectivity index (χ1n) is 12.2. The Kier molecular flexibility index (Phi) is 8.75. The van der Waals surface area contributed by atoms with Gasteiger partial charge in [0.15, 0.2) is 5.11 Å². The second-order valence-electron chi connectivity index (χ2n) is 8.69. The van der Waals surface area contributed by atoms with Gasteiger partial charge in [0.2, 0.25) is 5.91 Å². The van der Waals surface area contributed by atoms with E-state index in [2.05, 4.69) is 18.3 Å². The number of methoxy groups -OCH3 is 1. The number of anilines is 2. The van der Waals surface area contributed by atoms with E-state index in [4.69, 9.17) is 21.7 Å². The molecule has 198 valence electrons. The Balaban J connectivity index is 1.55. The van der Waals surface area contributed by atoms with Gasteiger partial charge in [-0.2, -0.15) is 0 Å². The quantitative estimate of drug-likeness (QED) is 0.286. The molecule has 0 unspecified atom stereocenters. The number of nitrogens with zero attached hydrogens (tertiary/aromatic N) is 2. The summed E-state index contributed by atoms with van der Waals surface area (Å²) < 4.78 is 10.2. The number of carbonyl (C=O) groups excluding carboxylic acids is 3. The average molecular weight is 552 g/mol. The van der Waals surface area contributed by atoms with E-state index >= 15 is 0 Å². The summed E-state index contributed by atoms with van der Waals surface area (Å²) in [5.41, 5.74) is 2.71. The number of ether oxygens (including phenoxy) is 2. The molecular formula is C28H29N3O5S2. The van der Waals surface area contributed by atoms with Crippen molar-refractivity contribution in [1.29, 1.82) is 0 Å². The van der Waals surface area contributed by atoms with Gasteiger partial charge in [0, 0.05) is 17.1 Å². The van der Waals surface area contributed by atoms with Gasteiger partial charge in [-0.15, -0.1) is 11.3 Å². The van der Waals surface area contributed by atoms with Crippen LogP contribution in [0.5, 0.6) is 5.75 Å². The van der Waals surface area contributed by atoms with E-state index in [1.807, 2.05) is 10.3 Å². The third kappa shape index (κ3) is 6.03. The normalized spacial score (nSPS) is 15.1. The second kappa shape index (κ2) is 12.2. The maximum atomic E-state index is 13.7. The highest BCUT2D eigenvalue weighted by Gasteiger charge is 2.44. The zero-order chi connectivity index (χ0) is 27.2. The van der Waals surface area contributed by atoms with Gasteiger partial charge < -0.3 is 19.7 Å². The summed E-state index contributed by atoms with van der Waals surface area (Å²) in [6.45, 7) is 4.55. The molecule has 1 saturated heterocycles. The standard InChI is InChI=1S/C28H29N3O5S2/c1-4-36-27(34)19-5-9-21(10-6-19)31-26(33)23(17-25(32)29-20-7-11-22(35-3)12-8-20)30(28(31)37)15-13-24-18(2)14-16-38-24/h5-12,14,16,23H,4,13,15,17H2,1-3H3,(H,29,32)/t23-/m1/s1. The van der Waals surface area contributed by atoms with Crippen molar-refractivity contribution in [2.75, 3.05) is 30.5 Å². The van der Waals surface area contributed by atoms with Crippen LogP contribution in [0.2, 0.25) is 0 Å². The molecule has 1 atom stereocenters. The van der Waals surface area contributed by atoms with Crippen LogP contribution in [0.4, 0.5) is 11.4 Å². The Morgan fingerprint density at radius 1 is 1.08 bits per heavy atom. The van der Waals surface area contributed by atoms with E-state index in [9.17, 15) is 14.4 Å². The molecule has 10 heteroatoms. The summed E-state index contributed by atoms with van der Waals surface area (Å²) in [4.78, 5) is 43.2. The van der Waals surface area contributed by atoms with Crippen molar-refractivity contribution in [2.24, 2.45) is 0 Å². The molecule has 1 fully saturated rings.